The van der Waals surface area contributed by atoms with Gasteiger partial charge in [-0.05, 0) is 30.2 Å². The third kappa shape index (κ3) is 6.21. The highest BCUT2D eigenvalue weighted by Crippen LogP contribution is 2.31. The summed E-state index contributed by atoms with van der Waals surface area (Å²) in [5, 5.41) is 2.92. The van der Waals surface area contributed by atoms with Gasteiger partial charge in [-0.3, -0.25) is 19.5 Å². The summed E-state index contributed by atoms with van der Waals surface area (Å²) in [5.41, 5.74) is 2.86. The van der Waals surface area contributed by atoms with Crippen LogP contribution >= 0.6 is 0 Å². The number of nitrogens with zero attached hydrogens (tertiary/aromatic N) is 3. The number of nitrogens with one attached hydrogen (secondary N) is 1. The molecule has 8 heteroatoms. The summed E-state index contributed by atoms with van der Waals surface area (Å²) < 4.78 is 12.6. The van der Waals surface area contributed by atoms with Crippen molar-refractivity contribution in [1.82, 2.24) is 14.5 Å². The molecule has 1 N–H and O–H groups in total. The van der Waals surface area contributed by atoms with Crippen LogP contribution in [-0.2, 0) is 4.79 Å². The molecule has 1 heterocycles. The number of hydrogen-bond acceptors (Lipinski definition) is 5. The number of methoxy groups -OCH3 is 2. The number of benzene rings is 3. The standard InChI is InChI=1S/C30H32N4O4/c1-21(2)18-33(29(36)23-13-9-6-10-14-23)20-28(35)32-30-31-25(22-11-7-5-8-12-22)19-34(30)24-15-16-26(37-3)27(17-24)38-4/h5-17,19,21H,18,20H2,1-4H3,(H,31,32,35). The van der Waals surface area contributed by atoms with Crippen molar-refractivity contribution >= 4 is 17.8 Å². The van der Waals surface area contributed by atoms with Gasteiger partial charge in [-0.2, -0.15) is 0 Å². The number of anilines is 1. The third-order valence-corrected chi connectivity index (χ3v) is 5.90. The van der Waals surface area contributed by atoms with E-state index < -0.39 is 0 Å². The fourth-order valence-electron chi connectivity index (χ4n) is 4.15. The van der Waals surface area contributed by atoms with Gasteiger partial charge in [-0.15, -0.1) is 0 Å². The molecule has 3 aromatic carbocycles. The van der Waals surface area contributed by atoms with Crippen molar-refractivity contribution in [3.63, 3.8) is 0 Å². The summed E-state index contributed by atoms with van der Waals surface area (Å²) in [6.45, 7) is 4.37. The van der Waals surface area contributed by atoms with E-state index in [2.05, 4.69) is 5.32 Å². The Morgan fingerprint density at radius 2 is 1.58 bits per heavy atom. The first-order chi connectivity index (χ1) is 18.4. The molecule has 0 aliphatic rings. The van der Waals surface area contributed by atoms with Crippen molar-refractivity contribution in [3.8, 4) is 28.4 Å². The Labute approximate surface area is 222 Å². The SMILES string of the molecule is COc1ccc(-n2cc(-c3ccccc3)nc2NC(=O)CN(CC(C)C)C(=O)c2ccccc2)cc1OC. The van der Waals surface area contributed by atoms with Crippen LogP contribution < -0.4 is 14.8 Å². The molecule has 38 heavy (non-hydrogen) atoms. The maximum absolute atomic E-state index is 13.3. The van der Waals surface area contributed by atoms with E-state index in [1.165, 1.54) is 0 Å². The Morgan fingerprint density at radius 3 is 2.21 bits per heavy atom. The lowest BCUT2D eigenvalue weighted by Gasteiger charge is -2.24. The summed E-state index contributed by atoms with van der Waals surface area (Å²) in [5.74, 6) is 1.12. The number of hydrogen-bond donors (Lipinski definition) is 1. The molecule has 0 spiro atoms. The Morgan fingerprint density at radius 1 is 0.921 bits per heavy atom. The van der Waals surface area contributed by atoms with Gasteiger partial charge in [-0.1, -0.05) is 62.4 Å². The molecule has 0 radical (unpaired) electrons. The van der Waals surface area contributed by atoms with E-state index in [4.69, 9.17) is 14.5 Å². The van der Waals surface area contributed by atoms with Gasteiger partial charge in [0.15, 0.2) is 11.5 Å². The number of aromatic nitrogens is 2. The van der Waals surface area contributed by atoms with E-state index in [-0.39, 0.29) is 24.3 Å². The Balaban J connectivity index is 1.65. The minimum Gasteiger partial charge on any atom is -0.493 e. The van der Waals surface area contributed by atoms with Gasteiger partial charge < -0.3 is 14.4 Å². The Bertz CT molecular complexity index is 1380. The highest BCUT2D eigenvalue weighted by atomic mass is 16.5. The second-order valence-electron chi connectivity index (χ2n) is 9.22. The summed E-state index contributed by atoms with van der Waals surface area (Å²) in [4.78, 5) is 32.8. The topological polar surface area (TPSA) is 85.7 Å². The van der Waals surface area contributed by atoms with Gasteiger partial charge in [0, 0.05) is 29.9 Å². The van der Waals surface area contributed by atoms with Crippen molar-refractivity contribution in [2.24, 2.45) is 5.92 Å². The van der Waals surface area contributed by atoms with Crippen LogP contribution in [-0.4, -0.2) is 53.6 Å². The first-order valence-electron chi connectivity index (χ1n) is 12.4. The quantitative estimate of drug-likeness (QED) is 0.312. The van der Waals surface area contributed by atoms with Crippen molar-refractivity contribution in [3.05, 3.63) is 90.6 Å². The zero-order chi connectivity index (χ0) is 27.1. The van der Waals surface area contributed by atoms with E-state index in [1.807, 2.05) is 80.7 Å². The summed E-state index contributed by atoms with van der Waals surface area (Å²) >= 11 is 0. The molecule has 0 bridgehead atoms. The van der Waals surface area contributed by atoms with Crippen LogP contribution in [0.3, 0.4) is 0 Å². The summed E-state index contributed by atoms with van der Waals surface area (Å²) in [7, 11) is 3.15. The van der Waals surface area contributed by atoms with Gasteiger partial charge >= 0.3 is 0 Å². The predicted octanol–water partition coefficient (Wildman–Crippen LogP) is 5.29. The number of imidazole rings is 1. The number of rotatable bonds is 10. The molecule has 1 aromatic heterocycles. The van der Waals surface area contributed by atoms with Gasteiger partial charge in [-0.25, -0.2) is 4.98 Å². The molecule has 0 atom stereocenters. The molecule has 0 unspecified atom stereocenters. The maximum atomic E-state index is 13.3. The zero-order valence-corrected chi connectivity index (χ0v) is 22.0. The van der Waals surface area contributed by atoms with E-state index in [1.54, 1.807) is 41.9 Å². The van der Waals surface area contributed by atoms with Crippen LogP contribution in [0.1, 0.15) is 24.2 Å². The van der Waals surface area contributed by atoms with Crippen LogP contribution in [0, 0.1) is 5.92 Å². The van der Waals surface area contributed by atoms with Crippen LogP contribution in [0.25, 0.3) is 16.9 Å². The molecule has 0 saturated heterocycles. The Hall–Kier alpha value is -4.59. The van der Waals surface area contributed by atoms with Gasteiger partial charge in [0.1, 0.15) is 6.54 Å². The number of ether oxygens (including phenoxy) is 2. The average Bonchev–Trinajstić information content (AvgIpc) is 3.36. The molecule has 4 rings (SSSR count). The Kier molecular flexibility index (Phi) is 8.43. The lowest BCUT2D eigenvalue weighted by Crippen LogP contribution is -2.40. The molecule has 196 valence electrons. The van der Waals surface area contributed by atoms with Crippen LogP contribution in [0.2, 0.25) is 0 Å². The molecule has 0 aliphatic carbocycles. The molecule has 0 aliphatic heterocycles. The van der Waals surface area contributed by atoms with E-state index in [9.17, 15) is 9.59 Å². The first-order valence-corrected chi connectivity index (χ1v) is 12.4. The van der Waals surface area contributed by atoms with Gasteiger partial charge in [0.05, 0.1) is 25.6 Å². The van der Waals surface area contributed by atoms with Crippen LogP contribution in [0.4, 0.5) is 5.95 Å². The molecular weight excluding hydrogens is 480 g/mol. The summed E-state index contributed by atoms with van der Waals surface area (Å²) in [6.07, 6.45) is 1.85. The molecule has 2 amide bonds. The normalized spacial score (nSPS) is 10.8. The van der Waals surface area contributed by atoms with Crippen molar-refractivity contribution in [2.45, 2.75) is 13.8 Å². The van der Waals surface area contributed by atoms with Gasteiger partial charge in [0.25, 0.3) is 5.91 Å². The van der Waals surface area contributed by atoms with Gasteiger partial charge in [0.2, 0.25) is 11.9 Å². The number of amides is 2. The zero-order valence-electron chi connectivity index (χ0n) is 22.0. The van der Waals surface area contributed by atoms with E-state index in [0.717, 1.165) is 11.3 Å². The lowest BCUT2D eigenvalue weighted by atomic mass is 10.1. The molecule has 0 fully saturated rings. The minimum atomic E-state index is -0.345. The molecule has 0 saturated carbocycles. The largest absolute Gasteiger partial charge is 0.493 e. The van der Waals surface area contributed by atoms with Crippen molar-refractivity contribution in [1.29, 1.82) is 0 Å². The number of carbonyl (C=O) groups excluding carboxylic acids is 2. The van der Waals surface area contributed by atoms with E-state index >= 15 is 0 Å². The number of carbonyl (C=O) groups is 2. The van der Waals surface area contributed by atoms with Crippen molar-refractivity contribution in [2.75, 3.05) is 32.6 Å². The minimum absolute atomic E-state index is 0.106. The fraction of sp³-hybridized carbons (Fsp3) is 0.233. The van der Waals surface area contributed by atoms with Crippen LogP contribution in [0.5, 0.6) is 11.5 Å². The monoisotopic (exact) mass is 512 g/mol. The maximum Gasteiger partial charge on any atom is 0.254 e. The predicted molar refractivity (Wildman–Crippen MR) is 148 cm³/mol. The second kappa shape index (κ2) is 12.1. The molecule has 8 nitrogen and oxygen atoms in total. The second-order valence-corrected chi connectivity index (χ2v) is 9.22. The molecular formula is C30H32N4O4. The highest BCUT2D eigenvalue weighted by molar-refractivity contribution is 5.99. The average molecular weight is 513 g/mol. The smallest absolute Gasteiger partial charge is 0.254 e. The summed E-state index contributed by atoms with van der Waals surface area (Å²) in [6, 6.07) is 24.2. The highest BCUT2D eigenvalue weighted by Gasteiger charge is 2.22. The first kappa shape index (κ1) is 26.5. The molecule has 4 aromatic rings. The van der Waals surface area contributed by atoms with Crippen LogP contribution in [0.15, 0.2) is 85.1 Å². The van der Waals surface area contributed by atoms with Crippen molar-refractivity contribution < 1.29 is 19.1 Å². The van der Waals surface area contributed by atoms with E-state index in [0.29, 0.717) is 35.2 Å². The third-order valence-electron chi connectivity index (χ3n) is 5.90. The fourth-order valence-corrected chi connectivity index (χ4v) is 4.15. The lowest BCUT2D eigenvalue weighted by molar-refractivity contribution is -0.117.